The molecule has 0 radical (unpaired) electrons. The summed E-state index contributed by atoms with van der Waals surface area (Å²) in [5.41, 5.74) is 5.75. The molecule has 0 atom stereocenters. The van der Waals surface area contributed by atoms with Crippen LogP contribution in [0.4, 0.5) is 0 Å². The van der Waals surface area contributed by atoms with E-state index in [-0.39, 0.29) is 12.1 Å². The van der Waals surface area contributed by atoms with Crippen molar-refractivity contribution < 1.29 is 14.3 Å². The van der Waals surface area contributed by atoms with E-state index in [1.807, 2.05) is 0 Å². The highest BCUT2D eigenvalue weighted by molar-refractivity contribution is 5.87. The number of carbonyl (C=O) groups excluding carboxylic acids is 1. The summed E-state index contributed by atoms with van der Waals surface area (Å²) < 4.78 is 12.3. The molecule has 17 heavy (non-hydrogen) atoms. The molecule has 0 amide bonds. The van der Waals surface area contributed by atoms with Gasteiger partial charge < -0.3 is 19.8 Å². The van der Waals surface area contributed by atoms with Crippen molar-refractivity contribution in [2.45, 2.75) is 25.5 Å². The summed E-state index contributed by atoms with van der Waals surface area (Å²) in [5, 5.41) is 0. The van der Waals surface area contributed by atoms with Crippen LogP contribution in [0.3, 0.4) is 0 Å². The number of rotatable bonds is 4. The molecule has 6 heteroatoms. The monoisotopic (exact) mass is 239 g/mol. The minimum Gasteiger partial charge on any atom is -0.457 e. The van der Waals surface area contributed by atoms with E-state index < -0.39 is 0 Å². The van der Waals surface area contributed by atoms with Crippen molar-refractivity contribution in [2.75, 3.05) is 19.8 Å². The van der Waals surface area contributed by atoms with Gasteiger partial charge in [0.05, 0.1) is 19.5 Å². The molecule has 2 rings (SSSR count). The van der Waals surface area contributed by atoms with Crippen LogP contribution in [0.25, 0.3) is 0 Å². The van der Waals surface area contributed by atoms with E-state index in [4.69, 9.17) is 15.2 Å². The molecule has 2 heterocycles. The summed E-state index contributed by atoms with van der Waals surface area (Å²) in [6, 6.07) is 0. The van der Waals surface area contributed by atoms with Gasteiger partial charge in [-0.25, -0.2) is 9.78 Å². The van der Waals surface area contributed by atoms with Crippen LogP contribution in [0.2, 0.25) is 0 Å². The lowest BCUT2D eigenvalue weighted by Gasteiger charge is -2.21. The largest absolute Gasteiger partial charge is 0.457 e. The number of carbonyl (C=O) groups is 1. The predicted octanol–water partition coefficient (Wildman–Crippen LogP) is 0.178. The second-order valence-electron chi connectivity index (χ2n) is 4.00. The van der Waals surface area contributed by atoms with E-state index in [2.05, 4.69) is 4.98 Å². The lowest BCUT2D eigenvalue weighted by molar-refractivity contribution is -0.0163. The fraction of sp³-hybridized carbons (Fsp3) is 0.636. The maximum atomic E-state index is 11.8. The summed E-state index contributed by atoms with van der Waals surface area (Å²) in [7, 11) is 0. The Bertz CT molecular complexity index is 372. The van der Waals surface area contributed by atoms with Crippen LogP contribution in [0.15, 0.2) is 12.5 Å². The Hall–Kier alpha value is -1.40. The number of esters is 1. The maximum Gasteiger partial charge on any atom is 0.358 e. The van der Waals surface area contributed by atoms with E-state index in [1.54, 1.807) is 17.1 Å². The van der Waals surface area contributed by atoms with Crippen LogP contribution in [0, 0.1) is 0 Å². The molecule has 1 aliphatic heterocycles. The molecule has 6 nitrogen and oxygen atoms in total. The van der Waals surface area contributed by atoms with Crippen molar-refractivity contribution in [1.29, 1.82) is 0 Å². The Morgan fingerprint density at radius 3 is 3.06 bits per heavy atom. The summed E-state index contributed by atoms with van der Waals surface area (Å²) >= 11 is 0. The topological polar surface area (TPSA) is 79.4 Å². The molecule has 1 aromatic heterocycles. The van der Waals surface area contributed by atoms with E-state index in [0.717, 1.165) is 12.8 Å². The first-order valence-corrected chi connectivity index (χ1v) is 5.80. The maximum absolute atomic E-state index is 11.8. The van der Waals surface area contributed by atoms with Crippen molar-refractivity contribution in [3.8, 4) is 0 Å². The molecule has 94 valence electrons. The van der Waals surface area contributed by atoms with Gasteiger partial charge in [0.25, 0.3) is 0 Å². The Morgan fingerprint density at radius 1 is 1.59 bits per heavy atom. The van der Waals surface area contributed by atoms with Crippen LogP contribution in [-0.4, -0.2) is 41.4 Å². The first-order valence-electron chi connectivity index (χ1n) is 5.80. The number of nitrogens with two attached hydrogens (primary N) is 1. The second-order valence-corrected chi connectivity index (χ2v) is 4.00. The Kier molecular flexibility index (Phi) is 4.11. The third-order valence-corrected chi connectivity index (χ3v) is 2.67. The van der Waals surface area contributed by atoms with Gasteiger partial charge in [-0.2, -0.15) is 0 Å². The summed E-state index contributed by atoms with van der Waals surface area (Å²) in [4.78, 5) is 15.8. The van der Waals surface area contributed by atoms with Crippen molar-refractivity contribution in [3.05, 3.63) is 18.2 Å². The van der Waals surface area contributed by atoms with E-state index in [9.17, 15) is 4.79 Å². The third-order valence-electron chi connectivity index (χ3n) is 2.67. The number of imidazole rings is 1. The molecule has 0 aliphatic carbocycles. The average Bonchev–Trinajstić information content (AvgIpc) is 2.79. The van der Waals surface area contributed by atoms with Gasteiger partial charge in [-0.1, -0.05) is 0 Å². The van der Waals surface area contributed by atoms with Crippen molar-refractivity contribution in [2.24, 2.45) is 5.73 Å². The van der Waals surface area contributed by atoms with Gasteiger partial charge >= 0.3 is 5.97 Å². The lowest BCUT2D eigenvalue weighted by Crippen LogP contribution is -2.26. The van der Waals surface area contributed by atoms with Crippen LogP contribution < -0.4 is 5.73 Å². The van der Waals surface area contributed by atoms with E-state index in [1.165, 1.54) is 0 Å². The first kappa shape index (κ1) is 12.1. The molecule has 0 bridgehead atoms. The van der Waals surface area contributed by atoms with Gasteiger partial charge in [-0.3, -0.25) is 0 Å². The fourth-order valence-corrected chi connectivity index (χ4v) is 1.74. The SMILES string of the molecule is NCCn1cnc(C(=O)OC2CCOCC2)c1. The van der Waals surface area contributed by atoms with Crippen molar-refractivity contribution in [3.63, 3.8) is 0 Å². The molecule has 1 fully saturated rings. The molecule has 1 aromatic rings. The quantitative estimate of drug-likeness (QED) is 0.758. The number of hydrogen-bond donors (Lipinski definition) is 1. The van der Waals surface area contributed by atoms with Crippen molar-refractivity contribution in [1.82, 2.24) is 9.55 Å². The van der Waals surface area contributed by atoms with Gasteiger partial charge in [0, 0.05) is 32.1 Å². The summed E-state index contributed by atoms with van der Waals surface area (Å²) in [6.45, 7) is 2.47. The number of ether oxygens (including phenoxy) is 2. The Morgan fingerprint density at radius 2 is 2.35 bits per heavy atom. The minimum absolute atomic E-state index is 0.0455. The van der Waals surface area contributed by atoms with E-state index >= 15 is 0 Å². The van der Waals surface area contributed by atoms with Gasteiger partial charge in [0.15, 0.2) is 5.69 Å². The Labute approximate surface area is 99.7 Å². The molecule has 0 unspecified atom stereocenters. The third kappa shape index (κ3) is 3.28. The van der Waals surface area contributed by atoms with Gasteiger partial charge in [-0.15, -0.1) is 0 Å². The molecular weight excluding hydrogens is 222 g/mol. The van der Waals surface area contributed by atoms with Crippen LogP contribution >= 0.6 is 0 Å². The minimum atomic E-state index is -0.368. The smallest absolute Gasteiger partial charge is 0.358 e. The fourth-order valence-electron chi connectivity index (χ4n) is 1.74. The molecule has 0 aromatic carbocycles. The van der Waals surface area contributed by atoms with Crippen molar-refractivity contribution >= 4 is 5.97 Å². The molecule has 0 saturated carbocycles. The molecule has 1 saturated heterocycles. The first-order chi connectivity index (χ1) is 8.29. The lowest BCUT2D eigenvalue weighted by atomic mass is 10.1. The van der Waals surface area contributed by atoms with Gasteiger partial charge in [0.1, 0.15) is 6.10 Å². The second kappa shape index (κ2) is 5.79. The molecule has 0 spiro atoms. The van der Waals surface area contributed by atoms with E-state index in [0.29, 0.717) is 32.0 Å². The van der Waals surface area contributed by atoms with Gasteiger partial charge in [0.2, 0.25) is 0 Å². The predicted molar refractivity (Wildman–Crippen MR) is 60.5 cm³/mol. The Balaban J connectivity index is 1.89. The zero-order valence-electron chi connectivity index (χ0n) is 9.67. The average molecular weight is 239 g/mol. The van der Waals surface area contributed by atoms with Crippen LogP contribution in [0.5, 0.6) is 0 Å². The zero-order chi connectivity index (χ0) is 12.1. The molecular formula is C11H17N3O3. The standard InChI is InChI=1S/C11H17N3O3/c12-3-4-14-7-10(13-8-14)11(15)17-9-1-5-16-6-2-9/h7-9H,1-6,12H2. The number of aromatic nitrogens is 2. The van der Waals surface area contributed by atoms with Gasteiger partial charge in [-0.05, 0) is 0 Å². The highest BCUT2D eigenvalue weighted by Gasteiger charge is 2.20. The number of hydrogen-bond acceptors (Lipinski definition) is 5. The normalized spacial score (nSPS) is 17.0. The molecule has 1 aliphatic rings. The molecule has 2 N–H and O–H groups in total. The highest BCUT2D eigenvalue weighted by Crippen LogP contribution is 2.12. The number of nitrogens with zero attached hydrogens (tertiary/aromatic N) is 2. The zero-order valence-corrected chi connectivity index (χ0v) is 9.67. The summed E-state index contributed by atoms with van der Waals surface area (Å²) in [6.07, 6.45) is 4.72. The van der Waals surface area contributed by atoms with Crippen LogP contribution in [-0.2, 0) is 16.0 Å². The highest BCUT2D eigenvalue weighted by atomic mass is 16.6. The van der Waals surface area contributed by atoms with Crippen LogP contribution in [0.1, 0.15) is 23.3 Å². The summed E-state index contributed by atoms with van der Waals surface area (Å²) in [5.74, 6) is -0.368.